The number of hydrogen-bond donors (Lipinski definition) is 5. The molecule has 0 fully saturated rings. The molecule has 0 atom stereocenters. The summed E-state index contributed by atoms with van der Waals surface area (Å²) in [6.07, 6.45) is 0. The van der Waals surface area contributed by atoms with Crippen molar-refractivity contribution in [2.75, 3.05) is 24.2 Å². The molecule has 0 bridgehead atoms. The topological polar surface area (TPSA) is 218 Å². The Kier molecular flexibility index (Phi) is 5.62. The van der Waals surface area contributed by atoms with Crippen molar-refractivity contribution in [3.8, 4) is 0 Å². The lowest BCUT2D eigenvalue weighted by molar-refractivity contribution is -0.116. The summed E-state index contributed by atoms with van der Waals surface area (Å²) < 4.78 is 0. The number of nitrogens with two attached hydrogens (primary N) is 5. The molecule has 0 radical (unpaired) electrons. The van der Waals surface area contributed by atoms with Gasteiger partial charge in [0.05, 0.1) is 0 Å². The predicted molar refractivity (Wildman–Crippen MR) is 85.7 cm³/mol. The van der Waals surface area contributed by atoms with E-state index in [2.05, 4.69) is 20.0 Å². The van der Waals surface area contributed by atoms with Gasteiger partial charge in [-0.1, -0.05) is 11.6 Å². The van der Waals surface area contributed by atoms with E-state index in [-0.39, 0.29) is 35.0 Å². The molecule has 10 N–H and O–H groups in total. The molecule has 13 heteroatoms. The summed E-state index contributed by atoms with van der Waals surface area (Å²) >= 11 is 5.94. The van der Waals surface area contributed by atoms with Gasteiger partial charge in [0, 0.05) is 7.05 Å². The fourth-order valence-corrected chi connectivity index (χ4v) is 1.72. The smallest absolute Gasteiger partial charge is 0.302 e. The number of hydrogen-bond acceptors (Lipinski definition) is 6. The lowest BCUT2D eigenvalue weighted by Crippen LogP contribution is -2.30. The lowest BCUT2D eigenvalue weighted by Gasteiger charge is -2.17. The van der Waals surface area contributed by atoms with Gasteiger partial charge in [-0.2, -0.15) is 9.98 Å². The van der Waals surface area contributed by atoms with Gasteiger partial charge >= 0.3 is 5.91 Å². The van der Waals surface area contributed by atoms with Crippen LogP contribution >= 0.6 is 11.6 Å². The van der Waals surface area contributed by atoms with Crippen LogP contribution in [0.25, 0.3) is 0 Å². The van der Waals surface area contributed by atoms with E-state index in [1.807, 2.05) is 0 Å². The quantitative estimate of drug-likeness (QED) is 0.282. The molecule has 1 heterocycles. The van der Waals surface area contributed by atoms with E-state index < -0.39 is 17.8 Å². The van der Waals surface area contributed by atoms with Crippen LogP contribution < -0.4 is 33.6 Å². The van der Waals surface area contributed by atoms with Crippen LogP contribution in [0.1, 0.15) is 10.5 Å². The summed E-state index contributed by atoms with van der Waals surface area (Å²) in [6.45, 7) is -0.243. The van der Waals surface area contributed by atoms with Gasteiger partial charge in [-0.3, -0.25) is 9.59 Å². The van der Waals surface area contributed by atoms with Crippen molar-refractivity contribution >= 4 is 47.0 Å². The van der Waals surface area contributed by atoms with Gasteiger partial charge in [-0.15, -0.1) is 0 Å². The second-order valence-corrected chi connectivity index (χ2v) is 4.56. The molecule has 1 aromatic heterocycles. The van der Waals surface area contributed by atoms with Gasteiger partial charge in [0.1, 0.15) is 6.54 Å². The molecule has 2 amide bonds. The van der Waals surface area contributed by atoms with Crippen LogP contribution in [-0.4, -0.2) is 47.3 Å². The first kappa shape index (κ1) is 17.9. The molecule has 124 valence electrons. The first-order valence-electron chi connectivity index (χ1n) is 5.92. The zero-order valence-corrected chi connectivity index (χ0v) is 12.8. The zero-order chi connectivity index (χ0) is 17.7. The fraction of sp³-hybridized carbons (Fsp3) is 0.200. The van der Waals surface area contributed by atoms with Gasteiger partial charge < -0.3 is 33.6 Å². The van der Waals surface area contributed by atoms with Crippen molar-refractivity contribution in [3.05, 3.63) is 10.8 Å². The maximum absolute atomic E-state index is 11.7. The van der Waals surface area contributed by atoms with E-state index in [0.29, 0.717) is 0 Å². The summed E-state index contributed by atoms with van der Waals surface area (Å²) in [4.78, 5) is 38.8. The number of halogens is 1. The maximum atomic E-state index is 11.7. The molecule has 0 aliphatic rings. The number of anilines is 2. The van der Waals surface area contributed by atoms with Crippen LogP contribution in [-0.2, 0) is 4.79 Å². The molecule has 12 nitrogen and oxygen atoms in total. The molecule has 0 saturated carbocycles. The second-order valence-electron chi connectivity index (χ2n) is 4.20. The Bertz CT molecular complexity index is 693. The number of rotatable bonds is 4. The Hall–Kier alpha value is -3.15. The van der Waals surface area contributed by atoms with Crippen LogP contribution in [0, 0.1) is 0 Å². The van der Waals surface area contributed by atoms with Crippen molar-refractivity contribution < 1.29 is 9.59 Å². The van der Waals surface area contributed by atoms with Crippen molar-refractivity contribution in [2.45, 2.75) is 0 Å². The van der Waals surface area contributed by atoms with Crippen LogP contribution in [0.3, 0.4) is 0 Å². The Labute approximate surface area is 135 Å². The van der Waals surface area contributed by atoms with E-state index in [9.17, 15) is 9.59 Å². The molecule has 23 heavy (non-hydrogen) atoms. The van der Waals surface area contributed by atoms with Gasteiger partial charge in [0.2, 0.25) is 0 Å². The number of nitrogens with zero attached hydrogens (tertiary/aromatic N) is 5. The van der Waals surface area contributed by atoms with E-state index in [4.69, 9.17) is 40.3 Å². The Balaban J connectivity index is 3.09. The summed E-state index contributed by atoms with van der Waals surface area (Å²) in [5.41, 5.74) is 25.7. The van der Waals surface area contributed by atoms with Crippen LogP contribution in [0.2, 0.25) is 5.15 Å². The Morgan fingerprint density at radius 2 is 1.70 bits per heavy atom. The van der Waals surface area contributed by atoms with Gasteiger partial charge in [-0.05, 0) is 0 Å². The van der Waals surface area contributed by atoms with E-state index in [1.54, 1.807) is 0 Å². The number of amides is 2. The number of likely N-dealkylation sites (N-methyl/N-ethyl adjacent to an activating group) is 1. The third-order valence-corrected chi connectivity index (χ3v) is 2.54. The number of aromatic nitrogens is 2. The molecule has 0 aromatic carbocycles. The minimum atomic E-state index is -0.900. The van der Waals surface area contributed by atoms with Crippen LogP contribution in [0.5, 0.6) is 0 Å². The predicted octanol–water partition coefficient (Wildman–Crippen LogP) is -2.64. The standard InChI is InChI=1S/C10H15ClN10O2/c1-21(2-3(22)17-9(13)14)7-5(11)18-4(6(12)19-7)8(23)20-10(15)16/h2H2,1H3,(H2,12,19)(H4,13,14,17,22)(H4,15,16,20,23). The van der Waals surface area contributed by atoms with Crippen molar-refractivity contribution in [3.63, 3.8) is 0 Å². The largest absolute Gasteiger partial charge is 0.382 e. The second kappa shape index (κ2) is 7.22. The molecule has 1 rings (SSSR count). The number of guanidine groups is 2. The molecule has 0 unspecified atom stereocenters. The third-order valence-electron chi connectivity index (χ3n) is 2.28. The van der Waals surface area contributed by atoms with E-state index in [0.717, 1.165) is 0 Å². The minimum Gasteiger partial charge on any atom is -0.382 e. The van der Waals surface area contributed by atoms with Crippen LogP contribution in [0.15, 0.2) is 9.98 Å². The van der Waals surface area contributed by atoms with Crippen molar-refractivity contribution in [2.24, 2.45) is 32.9 Å². The highest BCUT2D eigenvalue weighted by Gasteiger charge is 2.20. The zero-order valence-electron chi connectivity index (χ0n) is 12.0. The summed E-state index contributed by atoms with van der Waals surface area (Å²) in [5.74, 6) is -2.59. The lowest BCUT2D eigenvalue weighted by atomic mass is 10.4. The van der Waals surface area contributed by atoms with Gasteiger partial charge in [0.15, 0.2) is 34.4 Å². The first-order valence-corrected chi connectivity index (χ1v) is 6.30. The summed E-state index contributed by atoms with van der Waals surface area (Å²) in [5, 5.41) is -0.187. The minimum absolute atomic E-state index is 0.0459. The van der Waals surface area contributed by atoms with Crippen molar-refractivity contribution in [1.29, 1.82) is 0 Å². The van der Waals surface area contributed by atoms with Crippen molar-refractivity contribution in [1.82, 2.24) is 9.97 Å². The highest BCUT2D eigenvalue weighted by atomic mass is 35.5. The SMILES string of the molecule is CN(CC(=O)N=C(N)N)c1nc(N)c(C(=O)N=C(N)N)nc1Cl. The first-order chi connectivity index (χ1) is 10.6. The Morgan fingerprint density at radius 3 is 2.22 bits per heavy atom. The maximum Gasteiger partial charge on any atom is 0.302 e. The molecular weight excluding hydrogens is 328 g/mol. The highest BCUT2D eigenvalue weighted by molar-refractivity contribution is 6.32. The average Bonchev–Trinajstić information content (AvgIpc) is 2.38. The third kappa shape index (κ3) is 4.96. The molecule has 0 saturated heterocycles. The number of aliphatic imine (C=N–C) groups is 2. The number of nitrogen functional groups attached to an aromatic ring is 1. The molecule has 0 spiro atoms. The fourth-order valence-electron chi connectivity index (χ4n) is 1.45. The monoisotopic (exact) mass is 342 g/mol. The normalized spacial score (nSPS) is 9.83. The molecule has 0 aliphatic heterocycles. The molecule has 1 aromatic rings. The highest BCUT2D eigenvalue weighted by Crippen LogP contribution is 2.23. The average molecular weight is 343 g/mol. The molecule has 0 aliphatic carbocycles. The van der Waals surface area contributed by atoms with Gasteiger partial charge in [-0.25, -0.2) is 9.97 Å². The summed E-state index contributed by atoms with van der Waals surface area (Å²) in [6, 6.07) is 0. The number of carbonyl (C=O) groups excluding carboxylic acids is 2. The van der Waals surface area contributed by atoms with E-state index >= 15 is 0 Å². The number of carbonyl (C=O) groups is 2. The molecular formula is C10H15ClN10O2. The van der Waals surface area contributed by atoms with E-state index in [1.165, 1.54) is 11.9 Å². The summed E-state index contributed by atoms with van der Waals surface area (Å²) in [7, 11) is 1.48. The van der Waals surface area contributed by atoms with Crippen LogP contribution in [0.4, 0.5) is 11.6 Å². The van der Waals surface area contributed by atoms with Gasteiger partial charge in [0.25, 0.3) is 5.91 Å². The Morgan fingerprint density at radius 1 is 1.13 bits per heavy atom.